The second-order valence-corrected chi connectivity index (χ2v) is 7.50. The minimum atomic E-state index is -5.08. The maximum Gasteiger partial charge on any atom is 0.490 e. The fourth-order valence-electron chi connectivity index (χ4n) is 2.98. The highest BCUT2D eigenvalue weighted by molar-refractivity contribution is 5.91. The first-order chi connectivity index (χ1) is 16.8. The predicted molar refractivity (Wildman–Crippen MR) is 114 cm³/mol. The number of nitrogens with zero attached hydrogens (tertiary/aromatic N) is 4. The molecule has 0 spiro atoms. The van der Waals surface area contributed by atoms with E-state index in [1.54, 1.807) is 4.52 Å². The second kappa shape index (κ2) is 10.1. The molecule has 0 saturated carbocycles. The molecular weight excluding hydrogens is 493 g/mol. The Labute approximate surface area is 199 Å². The van der Waals surface area contributed by atoms with Crippen LogP contribution in [0.4, 0.5) is 22.0 Å². The number of carbonyl (C=O) groups excluding carboxylic acids is 1. The van der Waals surface area contributed by atoms with Crippen molar-refractivity contribution in [2.75, 3.05) is 0 Å². The van der Waals surface area contributed by atoms with Gasteiger partial charge in [-0.2, -0.15) is 27.1 Å². The van der Waals surface area contributed by atoms with Crippen LogP contribution in [0.25, 0.3) is 16.8 Å². The van der Waals surface area contributed by atoms with Crippen LogP contribution in [0, 0.1) is 6.92 Å². The van der Waals surface area contributed by atoms with E-state index < -0.39 is 29.9 Å². The number of carboxylic acid groups (broad SMARTS) is 1. The van der Waals surface area contributed by atoms with Crippen LogP contribution in [0.3, 0.4) is 0 Å². The van der Waals surface area contributed by atoms with Crippen LogP contribution < -0.4 is 5.32 Å². The summed E-state index contributed by atoms with van der Waals surface area (Å²) in [6.07, 6.45) is -0.811. The van der Waals surface area contributed by atoms with Crippen LogP contribution in [-0.4, -0.2) is 42.7 Å². The number of rotatable bonds is 5. The third-order valence-electron chi connectivity index (χ3n) is 4.74. The molecule has 9 nitrogen and oxygen atoms in total. The first-order valence-electron chi connectivity index (χ1n) is 10.1. The largest absolute Gasteiger partial charge is 0.490 e. The maximum absolute atomic E-state index is 13.2. The molecule has 0 atom stereocenters. The van der Waals surface area contributed by atoms with Crippen LogP contribution in [-0.2, 0) is 17.3 Å². The molecule has 190 valence electrons. The Kier molecular flexibility index (Phi) is 7.36. The molecule has 0 fully saturated rings. The van der Waals surface area contributed by atoms with E-state index in [4.69, 9.17) is 9.90 Å². The lowest BCUT2D eigenvalue weighted by Crippen LogP contribution is -2.23. The number of halogens is 5. The number of carbonyl (C=O) groups is 2. The molecule has 1 amide bonds. The Hall–Kier alpha value is -4.36. The minimum absolute atomic E-state index is 0.188. The van der Waals surface area contributed by atoms with Gasteiger partial charge in [-0.3, -0.25) is 4.79 Å². The van der Waals surface area contributed by atoms with E-state index in [0.29, 0.717) is 6.92 Å². The number of benzene rings is 1. The summed E-state index contributed by atoms with van der Waals surface area (Å²) in [4.78, 5) is 29.0. The normalized spacial score (nSPS) is 11.6. The third-order valence-corrected chi connectivity index (χ3v) is 4.74. The topological polar surface area (TPSA) is 123 Å². The molecule has 4 rings (SSSR count). The van der Waals surface area contributed by atoms with Crippen molar-refractivity contribution in [2.45, 2.75) is 32.5 Å². The molecule has 0 aliphatic rings. The number of aryl methyl sites for hydroxylation is 1. The fraction of sp³-hybridized carbons (Fsp3) is 0.227. The molecule has 0 saturated heterocycles. The number of oxazole rings is 1. The van der Waals surface area contributed by atoms with Crippen molar-refractivity contribution in [1.29, 1.82) is 0 Å². The van der Waals surface area contributed by atoms with Crippen molar-refractivity contribution in [3.63, 3.8) is 0 Å². The highest BCUT2D eigenvalue weighted by Crippen LogP contribution is 2.26. The number of aromatic nitrogens is 4. The van der Waals surface area contributed by atoms with Crippen LogP contribution in [0.15, 0.2) is 53.5 Å². The molecule has 4 aromatic rings. The van der Waals surface area contributed by atoms with E-state index in [0.717, 1.165) is 34.2 Å². The van der Waals surface area contributed by atoms with Crippen molar-refractivity contribution >= 4 is 17.4 Å². The Morgan fingerprint density at radius 1 is 1.17 bits per heavy atom. The number of fused-ring (bicyclic) bond motifs is 1. The average molecular weight is 511 g/mol. The summed E-state index contributed by atoms with van der Waals surface area (Å²) in [5, 5.41) is 14.0. The highest BCUT2D eigenvalue weighted by Gasteiger charge is 2.38. The van der Waals surface area contributed by atoms with Gasteiger partial charge in [0.25, 0.3) is 11.8 Å². The summed E-state index contributed by atoms with van der Waals surface area (Å²) < 4.78 is 64.5. The van der Waals surface area contributed by atoms with Gasteiger partial charge in [-0.1, -0.05) is 12.1 Å². The average Bonchev–Trinajstić information content (AvgIpc) is 3.47. The van der Waals surface area contributed by atoms with Crippen LogP contribution in [0.5, 0.6) is 0 Å². The first kappa shape index (κ1) is 26.2. The second-order valence-electron chi connectivity index (χ2n) is 7.50. The zero-order valence-electron chi connectivity index (χ0n) is 18.7. The monoisotopic (exact) mass is 511 g/mol. The molecule has 3 aromatic heterocycles. The lowest BCUT2D eigenvalue weighted by Gasteiger charge is -2.10. The molecular formula is C22H18F5N5O4. The van der Waals surface area contributed by atoms with Crippen molar-refractivity contribution in [3.05, 3.63) is 71.8 Å². The first-order valence-corrected chi connectivity index (χ1v) is 10.1. The lowest BCUT2D eigenvalue weighted by atomic mass is 10.0. The Bertz CT molecular complexity index is 1390. The SMILES string of the molecule is Cc1cc(-c2ncnn3cccc23)ccc1CNC(=O)c1coc(C(C)(F)F)n1.O=C(O)C(F)(F)F. The van der Waals surface area contributed by atoms with Crippen LogP contribution in [0.1, 0.15) is 34.4 Å². The van der Waals surface area contributed by atoms with Gasteiger partial charge in [-0.25, -0.2) is 19.3 Å². The predicted octanol–water partition coefficient (Wildman–Crippen LogP) is 4.37. The van der Waals surface area contributed by atoms with E-state index in [9.17, 15) is 26.7 Å². The van der Waals surface area contributed by atoms with Crippen LogP contribution in [0.2, 0.25) is 0 Å². The fourth-order valence-corrected chi connectivity index (χ4v) is 2.98. The molecule has 36 heavy (non-hydrogen) atoms. The summed E-state index contributed by atoms with van der Waals surface area (Å²) >= 11 is 0. The van der Waals surface area contributed by atoms with Crippen molar-refractivity contribution < 1.29 is 41.1 Å². The summed E-state index contributed by atoms with van der Waals surface area (Å²) in [5.74, 6) is -7.37. The van der Waals surface area contributed by atoms with Crippen LogP contribution >= 0.6 is 0 Å². The number of amides is 1. The summed E-state index contributed by atoms with van der Waals surface area (Å²) in [6.45, 7) is 2.80. The number of alkyl halides is 5. The molecule has 14 heteroatoms. The van der Waals surface area contributed by atoms with Crippen molar-refractivity contribution in [2.24, 2.45) is 0 Å². The highest BCUT2D eigenvalue weighted by atomic mass is 19.4. The van der Waals surface area contributed by atoms with E-state index in [-0.39, 0.29) is 12.2 Å². The maximum atomic E-state index is 13.2. The third kappa shape index (κ3) is 6.20. The van der Waals surface area contributed by atoms with Gasteiger partial charge in [-0.05, 0) is 36.2 Å². The molecule has 0 radical (unpaired) electrons. The van der Waals surface area contributed by atoms with Gasteiger partial charge in [0.15, 0.2) is 5.69 Å². The van der Waals surface area contributed by atoms with Gasteiger partial charge < -0.3 is 14.8 Å². The van der Waals surface area contributed by atoms with Gasteiger partial charge in [0.05, 0.1) is 11.2 Å². The van der Waals surface area contributed by atoms with Gasteiger partial charge in [0, 0.05) is 25.2 Å². The Morgan fingerprint density at radius 2 is 1.86 bits per heavy atom. The summed E-state index contributed by atoms with van der Waals surface area (Å²) in [6, 6.07) is 9.61. The standard InChI is InChI=1S/C20H17F2N5O2.C2HF3O2/c1-12-8-13(17-16-4-3-7-27(16)25-11-24-17)5-6-14(12)9-23-18(28)15-10-29-19(26-15)20(2,21)22;3-2(4,5)1(6)7/h3-8,10-11H,9H2,1-2H3,(H,23,28);(H,6,7). The number of carboxylic acids is 1. The van der Waals surface area contributed by atoms with Gasteiger partial charge in [-0.15, -0.1) is 0 Å². The molecule has 0 unspecified atom stereocenters. The van der Waals surface area contributed by atoms with E-state index in [1.165, 1.54) is 6.33 Å². The number of hydrogen-bond donors (Lipinski definition) is 2. The quantitative estimate of drug-likeness (QED) is 0.382. The van der Waals surface area contributed by atoms with Crippen molar-refractivity contribution in [3.8, 4) is 11.3 Å². The number of nitrogens with one attached hydrogen (secondary N) is 1. The van der Waals surface area contributed by atoms with Gasteiger partial charge in [0.2, 0.25) is 0 Å². The smallest absolute Gasteiger partial charge is 0.475 e. The van der Waals surface area contributed by atoms with E-state index >= 15 is 0 Å². The van der Waals surface area contributed by atoms with Gasteiger partial charge in [0.1, 0.15) is 12.6 Å². The Balaban J connectivity index is 0.000000454. The molecule has 2 N–H and O–H groups in total. The molecule has 0 aliphatic carbocycles. The van der Waals surface area contributed by atoms with Crippen molar-refractivity contribution in [1.82, 2.24) is 24.9 Å². The lowest BCUT2D eigenvalue weighted by molar-refractivity contribution is -0.192. The zero-order chi connectivity index (χ0) is 26.7. The molecule has 0 bridgehead atoms. The van der Waals surface area contributed by atoms with E-state index in [1.807, 2.05) is 43.5 Å². The molecule has 1 aromatic carbocycles. The number of aliphatic carboxylic acids is 1. The Morgan fingerprint density at radius 3 is 2.44 bits per heavy atom. The molecule has 3 heterocycles. The zero-order valence-corrected chi connectivity index (χ0v) is 18.7. The van der Waals surface area contributed by atoms with Gasteiger partial charge >= 0.3 is 18.1 Å². The van der Waals surface area contributed by atoms with E-state index in [2.05, 4.69) is 24.8 Å². The summed E-state index contributed by atoms with van der Waals surface area (Å²) in [5.41, 5.74) is 4.27. The molecule has 0 aliphatic heterocycles. The number of hydrogen-bond acceptors (Lipinski definition) is 6. The summed E-state index contributed by atoms with van der Waals surface area (Å²) in [7, 11) is 0. The minimum Gasteiger partial charge on any atom is -0.475 e.